The Hall–Kier alpha value is -2.91. The SMILES string of the molecule is CC(=O)OC[C@H]1O[C@@H](c2ccc(C)c(Cc3ccc(-c4ccc(F)cc4)s3)c2)C(O)[C@@H](O)C1=O. The molecule has 0 bridgehead atoms. The fourth-order valence-electron chi connectivity index (χ4n) is 3.93. The predicted octanol–water partition coefficient (Wildman–Crippen LogP) is 3.75. The number of thiophene rings is 1. The minimum Gasteiger partial charge on any atom is -0.463 e. The summed E-state index contributed by atoms with van der Waals surface area (Å²) in [5.74, 6) is -1.56. The molecule has 8 heteroatoms. The number of ether oxygens (including phenoxy) is 2. The monoisotopic (exact) mass is 484 g/mol. The summed E-state index contributed by atoms with van der Waals surface area (Å²) in [7, 11) is 0. The first-order valence-electron chi connectivity index (χ1n) is 10.9. The van der Waals surface area contributed by atoms with Crippen molar-refractivity contribution in [3.8, 4) is 10.4 Å². The van der Waals surface area contributed by atoms with Crippen LogP contribution in [0.4, 0.5) is 4.39 Å². The Labute approximate surface area is 200 Å². The third-order valence-corrected chi connectivity index (χ3v) is 6.98. The standard InChI is InChI=1S/C26H25FO6S/c1-14-3-4-17(26-25(31)24(30)23(29)21(33-26)13-32-15(2)28)11-18(14)12-20-9-10-22(34-20)16-5-7-19(27)8-6-16/h3-11,21,24-26,30-31H,12-13H2,1-2H3/t21-,24+,25?,26+/m1/s1. The Bertz CT molecular complexity index is 1190. The second-order valence-corrected chi connectivity index (χ2v) is 9.49. The van der Waals surface area contributed by atoms with E-state index in [1.807, 2.05) is 31.2 Å². The average Bonchev–Trinajstić information content (AvgIpc) is 3.27. The zero-order chi connectivity index (χ0) is 24.4. The highest BCUT2D eigenvalue weighted by atomic mass is 32.1. The number of benzene rings is 2. The third-order valence-electron chi connectivity index (χ3n) is 5.85. The normalized spacial score (nSPS) is 22.6. The summed E-state index contributed by atoms with van der Waals surface area (Å²) >= 11 is 1.61. The highest BCUT2D eigenvalue weighted by Crippen LogP contribution is 2.34. The molecule has 1 unspecified atom stereocenters. The number of ketones is 1. The molecule has 0 spiro atoms. The number of aryl methyl sites for hydroxylation is 1. The van der Waals surface area contributed by atoms with E-state index in [4.69, 9.17) is 9.47 Å². The molecule has 1 fully saturated rings. The Morgan fingerprint density at radius 2 is 1.85 bits per heavy atom. The number of esters is 1. The average molecular weight is 485 g/mol. The van der Waals surface area contributed by atoms with E-state index in [0.717, 1.165) is 26.4 Å². The molecule has 4 rings (SSSR count). The van der Waals surface area contributed by atoms with Gasteiger partial charge in [-0.1, -0.05) is 30.3 Å². The quantitative estimate of drug-likeness (QED) is 0.518. The van der Waals surface area contributed by atoms with Crippen LogP contribution in [-0.4, -0.2) is 46.9 Å². The lowest BCUT2D eigenvalue weighted by atomic mass is 9.90. The minimum absolute atomic E-state index is 0.276. The molecule has 1 aliphatic heterocycles. The van der Waals surface area contributed by atoms with E-state index in [1.54, 1.807) is 29.5 Å². The molecule has 1 aromatic heterocycles. The number of Topliss-reactive ketones (excluding diaryl/α,β-unsaturated/α-hetero) is 1. The van der Waals surface area contributed by atoms with Crippen LogP contribution in [0, 0.1) is 12.7 Å². The largest absolute Gasteiger partial charge is 0.463 e. The lowest BCUT2D eigenvalue weighted by Gasteiger charge is -2.36. The molecular weight excluding hydrogens is 459 g/mol. The first-order valence-corrected chi connectivity index (χ1v) is 11.7. The van der Waals surface area contributed by atoms with Gasteiger partial charge >= 0.3 is 5.97 Å². The molecule has 0 aliphatic carbocycles. The fraction of sp³-hybridized carbons (Fsp3) is 0.308. The number of aliphatic hydroxyl groups is 2. The molecule has 0 amide bonds. The van der Waals surface area contributed by atoms with Gasteiger partial charge in [0, 0.05) is 23.1 Å². The van der Waals surface area contributed by atoms with Gasteiger partial charge in [-0.25, -0.2) is 4.39 Å². The summed E-state index contributed by atoms with van der Waals surface area (Å²) < 4.78 is 23.9. The molecule has 1 saturated heterocycles. The molecule has 2 aromatic carbocycles. The van der Waals surface area contributed by atoms with Gasteiger partial charge in [0.25, 0.3) is 0 Å². The molecule has 3 aromatic rings. The van der Waals surface area contributed by atoms with E-state index in [-0.39, 0.29) is 12.4 Å². The zero-order valence-electron chi connectivity index (χ0n) is 18.7. The Kier molecular flexibility index (Phi) is 7.23. The van der Waals surface area contributed by atoms with Crippen LogP contribution in [0.2, 0.25) is 0 Å². The molecule has 34 heavy (non-hydrogen) atoms. The summed E-state index contributed by atoms with van der Waals surface area (Å²) in [5.41, 5.74) is 3.60. The molecule has 1 aliphatic rings. The van der Waals surface area contributed by atoms with Gasteiger partial charge in [-0.15, -0.1) is 11.3 Å². The Morgan fingerprint density at radius 1 is 1.12 bits per heavy atom. The first kappa shape index (κ1) is 24.2. The summed E-state index contributed by atoms with van der Waals surface area (Å²) in [4.78, 5) is 25.6. The predicted molar refractivity (Wildman–Crippen MR) is 125 cm³/mol. The summed E-state index contributed by atoms with van der Waals surface area (Å²) in [6.07, 6.45) is -4.56. The van der Waals surface area contributed by atoms with Gasteiger partial charge in [0.15, 0.2) is 11.9 Å². The van der Waals surface area contributed by atoms with Crippen molar-refractivity contribution in [3.05, 3.63) is 82.0 Å². The van der Waals surface area contributed by atoms with Gasteiger partial charge in [0.1, 0.15) is 30.7 Å². The molecule has 2 N–H and O–H groups in total. The molecular formula is C26H25FO6S. The number of rotatable bonds is 6. The molecule has 178 valence electrons. The highest BCUT2D eigenvalue weighted by molar-refractivity contribution is 7.15. The summed E-state index contributed by atoms with van der Waals surface area (Å²) in [6, 6.07) is 16.0. The maximum Gasteiger partial charge on any atom is 0.302 e. The minimum atomic E-state index is -1.64. The van der Waals surface area contributed by atoms with Gasteiger partial charge in [-0.2, -0.15) is 0 Å². The maximum absolute atomic E-state index is 13.2. The fourth-order valence-corrected chi connectivity index (χ4v) is 4.96. The number of carbonyl (C=O) groups is 2. The van der Waals surface area contributed by atoms with Crippen molar-refractivity contribution < 1.29 is 33.7 Å². The molecule has 0 radical (unpaired) electrons. The van der Waals surface area contributed by atoms with E-state index in [0.29, 0.717) is 12.0 Å². The van der Waals surface area contributed by atoms with Crippen LogP contribution in [0.3, 0.4) is 0 Å². The van der Waals surface area contributed by atoms with E-state index in [1.165, 1.54) is 19.1 Å². The van der Waals surface area contributed by atoms with E-state index < -0.39 is 36.2 Å². The lowest BCUT2D eigenvalue weighted by Crippen LogP contribution is -2.52. The number of hydrogen-bond donors (Lipinski definition) is 2. The van der Waals surface area contributed by atoms with E-state index in [9.17, 15) is 24.2 Å². The van der Waals surface area contributed by atoms with Gasteiger partial charge in [-0.3, -0.25) is 9.59 Å². The van der Waals surface area contributed by atoms with Crippen LogP contribution in [0.25, 0.3) is 10.4 Å². The van der Waals surface area contributed by atoms with Crippen LogP contribution < -0.4 is 0 Å². The molecule has 0 saturated carbocycles. The van der Waals surface area contributed by atoms with Gasteiger partial charge in [0.05, 0.1) is 0 Å². The van der Waals surface area contributed by atoms with Crippen molar-refractivity contribution in [2.75, 3.05) is 6.61 Å². The van der Waals surface area contributed by atoms with Crippen molar-refractivity contribution in [2.45, 2.75) is 44.7 Å². The van der Waals surface area contributed by atoms with Gasteiger partial charge in [-0.05, 0) is 53.4 Å². The number of aliphatic hydroxyl groups excluding tert-OH is 2. The summed E-state index contributed by atoms with van der Waals surface area (Å²) in [5, 5.41) is 20.8. The van der Waals surface area contributed by atoms with Crippen molar-refractivity contribution in [1.82, 2.24) is 0 Å². The van der Waals surface area contributed by atoms with E-state index in [2.05, 4.69) is 0 Å². The van der Waals surface area contributed by atoms with Crippen molar-refractivity contribution in [1.29, 1.82) is 0 Å². The van der Waals surface area contributed by atoms with Gasteiger partial charge < -0.3 is 19.7 Å². The topological polar surface area (TPSA) is 93.1 Å². The summed E-state index contributed by atoms with van der Waals surface area (Å²) in [6.45, 7) is 2.87. The lowest BCUT2D eigenvalue weighted by molar-refractivity contribution is -0.191. The van der Waals surface area contributed by atoms with Crippen molar-refractivity contribution in [3.63, 3.8) is 0 Å². The zero-order valence-corrected chi connectivity index (χ0v) is 19.5. The van der Waals surface area contributed by atoms with Crippen LogP contribution in [0.15, 0.2) is 54.6 Å². The Balaban J connectivity index is 1.55. The number of hydrogen-bond acceptors (Lipinski definition) is 7. The molecule has 6 nitrogen and oxygen atoms in total. The third kappa shape index (κ3) is 5.26. The highest BCUT2D eigenvalue weighted by Gasteiger charge is 2.44. The Morgan fingerprint density at radius 3 is 2.56 bits per heavy atom. The van der Waals surface area contributed by atoms with E-state index >= 15 is 0 Å². The van der Waals surface area contributed by atoms with Crippen LogP contribution in [-0.2, 0) is 25.5 Å². The van der Waals surface area contributed by atoms with Crippen LogP contribution in [0.5, 0.6) is 0 Å². The second kappa shape index (κ2) is 10.1. The number of carbonyl (C=O) groups excluding carboxylic acids is 2. The smallest absolute Gasteiger partial charge is 0.302 e. The molecule has 4 atom stereocenters. The maximum atomic E-state index is 13.2. The van der Waals surface area contributed by atoms with Crippen LogP contribution >= 0.6 is 11.3 Å². The van der Waals surface area contributed by atoms with Crippen molar-refractivity contribution >= 4 is 23.1 Å². The van der Waals surface area contributed by atoms with Crippen molar-refractivity contribution in [2.24, 2.45) is 0 Å². The second-order valence-electron chi connectivity index (χ2n) is 8.32. The molecule has 2 heterocycles. The number of halogens is 1. The van der Waals surface area contributed by atoms with Gasteiger partial charge in [0.2, 0.25) is 0 Å². The first-order chi connectivity index (χ1) is 16.2. The van der Waals surface area contributed by atoms with Crippen LogP contribution in [0.1, 0.15) is 34.6 Å².